The van der Waals surface area contributed by atoms with Crippen LogP contribution in [0.25, 0.3) is 0 Å². The molecule has 1 aromatic rings. The monoisotopic (exact) mass is 329 g/mol. The lowest BCUT2D eigenvalue weighted by Gasteiger charge is -2.36. The van der Waals surface area contributed by atoms with Crippen LogP contribution in [0.5, 0.6) is 0 Å². The molecule has 0 bridgehead atoms. The molecule has 0 radical (unpaired) electrons. The molecule has 3 nitrogen and oxygen atoms in total. The summed E-state index contributed by atoms with van der Waals surface area (Å²) in [6, 6.07) is 4.56. The van der Waals surface area contributed by atoms with Crippen LogP contribution < -0.4 is 5.32 Å². The lowest BCUT2D eigenvalue weighted by molar-refractivity contribution is 0.0440. The highest BCUT2D eigenvalue weighted by atomic mass is 79.9. The summed E-state index contributed by atoms with van der Waals surface area (Å²) in [5, 5.41) is 3.60. The summed E-state index contributed by atoms with van der Waals surface area (Å²) in [6.07, 6.45) is 1.47. The molecule has 1 fully saturated rings. The zero-order valence-electron chi connectivity index (χ0n) is 10.8. The maximum atomic E-state index is 13.7. The number of halogens is 2. The van der Waals surface area contributed by atoms with Crippen LogP contribution in [0.1, 0.15) is 28.8 Å². The van der Waals surface area contributed by atoms with Gasteiger partial charge in [0.1, 0.15) is 5.82 Å². The summed E-state index contributed by atoms with van der Waals surface area (Å²) in [5.41, 5.74) is 0.629. The minimum atomic E-state index is -0.486. The molecule has 1 saturated heterocycles. The van der Waals surface area contributed by atoms with E-state index in [1.165, 1.54) is 6.07 Å². The van der Waals surface area contributed by atoms with Crippen LogP contribution in [0.15, 0.2) is 18.2 Å². The average Bonchev–Trinajstić information content (AvgIpc) is 2.42. The maximum absolute atomic E-state index is 13.7. The van der Waals surface area contributed by atoms with Gasteiger partial charge in [-0.1, -0.05) is 27.6 Å². The van der Waals surface area contributed by atoms with E-state index in [2.05, 4.69) is 21.2 Å². The van der Waals surface area contributed by atoms with Crippen molar-refractivity contribution in [1.82, 2.24) is 5.32 Å². The van der Waals surface area contributed by atoms with Gasteiger partial charge < -0.3 is 10.1 Å². The molecule has 1 heterocycles. The van der Waals surface area contributed by atoms with Crippen LogP contribution in [0.4, 0.5) is 4.39 Å². The average molecular weight is 330 g/mol. The van der Waals surface area contributed by atoms with E-state index < -0.39 is 5.82 Å². The number of alkyl halides is 1. The minimum absolute atomic E-state index is 0.104. The zero-order chi connectivity index (χ0) is 13.9. The number of aryl methyl sites for hydroxylation is 1. The highest BCUT2D eigenvalue weighted by Gasteiger charge is 2.33. The second-order valence-corrected chi connectivity index (χ2v) is 5.52. The smallest absolute Gasteiger partial charge is 0.254 e. The predicted molar refractivity (Wildman–Crippen MR) is 75.2 cm³/mol. The minimum Gasteiger partial charge on any atom is -0.381 e. The highest BCUT2D eigenvalue weighted by Crippen LogP contribution is 2.24. The molecule has 1 amide bonds. The number of benzene rings is 1. The fourth-order valence-electron chi connectivity index (χ4n) is 2.18. The van der Waals surface area contributed by atoms with Gasteiger partial charge in [-0.3, -0.25) is 4.79 Å². The van der Waals surface area contributed by atoms with Gasteiger partial charge >= 0.3 is 0 Å². The first kappa shape index (κ1) is 14.5. The van der Waals surface area contributed by atoms with Gasteiger partial charge in [0.25, 0.3) is 5.91 Å². The van der Waals surface area contributed by atoms with Crippen molar-refractivity contribution in [3.63, 3.8) is 0 Å². The second-order valence-electron chi connectivity index (χ2n) is 4.96. The Kier molecular flexibility index (Phi) is 4.58. The number of carbonyl (C=O) groups excluding carboxylic acids is 1. The van der Waals surface area contributed by atoms with Crippen LogP contribution in [0.2, 0.25) is 0 Å². The summed E-state index contributed by atoms with van der Waals surface area (Å²) in [4.78, 5) is 12.2. The lowest BCUT2D eigenvalue weighted by atomic mass is 9.92. The van der Waals surface area contributed by atoms with Crippen LogP contribution >= 0.6 is 15.9 Å². The molecule has 1 aliphatic heterocycles. The van der Waals surface area contributed by atoms with Crippen molar-refractivity contribution in [2.45, 2.75) is 25.3 Å². The SMILES string of the molecule is Cc1ccc(F)c(C(=O)NC2(CBr)CCOCC2)c1. The molecule has 5 heteroatoms. The first-order valence-electron chi connectivity index (χ1n) is 6.29. The summed E-state index contributed by atoms with van der Waals surface area (Å²) in [7, 11) is 0. The van der Waals surface area contributed by atoms with Gasteiger partial charge in [-0.2, -0.15) is 0 Å². The van der Waals surface area contributed by atoms with Crippen molar-refractivity contribution < 1.29 is 13.9 Å². The van der Waals surface area contributed by atoms with E-state index in [-0.39, 0.29) is 17.0 Å². The molecular weight excluding hydrogens is 313 g/mol. The molecule has 104 valence electrons. The third-order valence-corrected chi connectivity index (χ3v) is 4.52. The number of hydrogen-bond donors (Lipinski definition) is 1. The Balaban J connectivity index is 2.17. The molecule has 1 aliphatic rings. The number of carbonyl (C=O) groups is 1. The fourth-order valence-corrected chi connectivity index (χ4v) is 2.88. The lowest BCUT2D eigenvalue weighted by Crippen LogP contribution is -2.53. The number of hydrogen-bond acceptors (Lipinski definition) is 2. The van der Waals surface area contributed by atoms with Gasteiger partial charge in [-0.05, 0) is 31.9 Å². The molecule has 0 aliphatic carbocycles. The Morgan fingerprint density at radius 3 is 2.79 bits per heavy atom. The molecule has 0 atom stereocenters. The normalized spacial score (nSPS) is 18.1. The largest absolute Gasteiger partial charge is 0.381 e. The number of rotatable bonds is 3. The Morgan fingerprint density at radius 1 is 1.47 bits per heavy atom. The second kappa shape index (κ2) is 6.01. The van der Waals surface area contributed by atoms with Crippen molar-refractivity contribution in [1.29, 1.82) is 0 Å². The van der Waals surface area contributed by atoms with Crippen molar-refractivity contribution >= 4 is 21.8 Å². The van der Waals surface area contributed by atoms with Crippen molar-refractivity contribution in [2.24, 2.45) is 0 Å². The Morgan fingerprint density at radius 2 is 2.16 bits per heavy atom. The topological polar surface area (TPSA) is 38.3 Å². The summed E-state index contributed by atoms with van der Waals surface area (Å²) >= 11 is 3.44. The number of ether oxygens (including phenoxy) is 1. The molecule has 19 heavy (non-hydrogen) atoms. The molecule has 1 aromatic carbocycles. The first-order chi connectivity index (χ1) is 9.06. The van der Waals surface area contributed by atoms with Gasteiger partial charge in [-0.25, -0.2) is 4.39 Å². The highest BCUT2D eigenvalue weighted by molar-refractivity contribution is 9.09. The van der Waals surface area contributed by atoms with Gasteiger partial charge in [0, 0.05) is 18.5 Å². The third-order valence-electron chi connectivity index (χ3n) is 3.45. The molecule has 2 rings (SSSR count). The number of nitrogens with one attached hydrogen (secondary N) is 1. The van der Waals surface area contributed by atoms with Crippen LogP contribution in [-0.2, 0) is 4.74 Å². The maximum Gasteiger partial charge on any atom is 0.254 e. The van der Waals surface area contributed by atoms with E-state index in [1.807, 2.05) is 6.92 Å². The third kappa shape index (κ3) is 3.34. The van der Waals surface area contributed by atoms with Crippen LogP contribution in [-0.4, -0.2) is 30.0 Å². The van der Waals surface area contributed by atoms with Crippen molar-refractivity contribution in [2.75, 3.05) is 18.5 Å². The quantitative estimate of drug-likeness (QED) is 0.866. The fraction of sp³-hybridized carbons (Fsp3) is 0.500. The molecule has 1 N–H and O–H groups in total. The first-order valence-corrected chi connectivity index (χ1v) is 7.41. The molecule has 0 unspecified atom stereocenters. The van der Waals surface area contributed by atoms with E-state index in [1.54, 1.807) is 12.1 Å². The zero-order valence-corrected chi connectivity index (χ0v) is 12.4. The Labute approximate surface area is 120 Å². The standard InChI is InChI=1S/C14H17BrFNO2/c1-10-2-3-12(16)11(8-10)13(18)17-14(9-15)4-6-19-7-5-14/h2-3,8H,4-7,9H2,1H3,(H,17,18). The van der Waals surface area contributed by atoms with E-state index in [0.717, 1.165) is 18.4 Å². The Hall–Kier alpha value is -0.940. The molecule has 0 aromatic heterocycles. The molecule has 0 spiro atoms. The van der Waals surface area contributed by atoms with Gasteiger partial charge in [-0.15, -0.1) is 0 Å². The summed E-state index contributed by atoms with van der Waals surface area (Å²) < 4.78 is 19.0. The summed E-state index contributed by atoms with van der Waals surface area (Å²) in [5.74, 6) is -0.845. The molecular formula is C14H17BrFNO2. The Bertz CT molecular complexity index is 473. The molecule has 0 saturated carbocycles. The van der Waals surface area contributed by atoms with Gasteiger partial charge in [0.2, 0.25) is 0 Å². The van der Waals surface area contributed by atoms with Crippen LogP contribution in [0, 0.1) is 12.7 Å². The van der Waals surface area contributed by atoms with Crippen molar-refractivity contribution in [3.05, 3.63) is 35.1 Å². The summed E-state index contributed by atoms with van der Waals surface area (Å²) in [6.45, 7) is 3.06. The van der Waals surface area contributed by atoms with Crippen LogP contribution in [0.3, 0.4) is 0 Å². The van der Waals surface area contributed by atoms with Gasteiger partial charge in [0.15, 0.2) is 0 Å². The predicted octanol–water partition coefficient (Wildman–Crippen LogP) is 2.81. The number of amides is 1. The van der Waals surface area contributed by atoms with E-state index in [0.29, 0.717) is 18.5 Å². The van der Waals surface area contributed by atoms with E-state index in [4.69, 9.17) is 4.74 Å². The van der Waals surface area contributed by atoms with E-state index >= 15 is 0 Å². The van der Waals surface area contributed by atoms with Crippen molar-refractivity contribution in [3.8, 4) is 0 Å². The van der Waals surface area contributed by atoms with E-state index in [9.17, 15) is 9.18 Å². The van der Waals surface area contributed by atoms with Gasteiger partial charge in [0.05, 0.1) is 11.1 Å².